The second kappa shape index (κ2) is 7.11. The van der Waals surface area contributed by atoms with Crippen molar-refractivity contribution in [1.82, 2.24) is 4.98 Å². The third-order valence-electron chi connectivity index (χ3n) is 4.46. The van der Waals surface area contributed by atoms with Gasteiger partial charge in [0.15, 0.2) is 5.13 Å². The minimum absolute atomic E-state index is 0. The lowest BCUT2D eigenvalue weighted by molar-refractivity contribution is -0.116. The number of aromatic nitrogens is 1. The van der Waals surface area contributed by atoms with Crippen molar-refractivity contribution in [3.8, 4) is 0 Å². The van der Waals surface area contributed by atoms with E-state index in [1.54, 1.807) is 12.1 Å². The highest BCUT2D eigenvalue weighted by Gasteiger charge is 2.21. The summed E-state index contributed by atoms with van der Waals surface area (Å²) < 4.78 is 0. The Labute approximate surface area is 155 Å². The summed E-state index contributed by atoms with van der Waals surface area (Å²) in [7, 11) is 0. The third-order valence-corrected chi connectivity index (χ3v) is 5.50. The first kappa shape index (κ1) is 17.8. The third kappa shape index (κ3) is 3.68. The molecule has 25 heavy (non-hydrogen) atoms. The molecule has 2 aliphatic rings. The Morgan fingerprint density at radius 3 is 3.00 bits per heavy atom. The summed E-state index contributed by atoms with van der Waals surface area (Å²) in [6, 6.07) is 5.54. The molecular weight excluding hydrogens is 360 g/mol. The van der Waals surface area contributed by atoms with Gasteiger partial charge in [0, 0.05) is 28.6 Å². The number of fused-ring (bicyclic) bond motifs is 2. The van der Waals surface area contributed by atoms with Gasteiger partial charge >= 0.3 is 0 Å². The van der Waals surface area contributed by atoms with E-state index in [4.69, 9.17) is 5.73 Å². The van der Waals surface area contributed by atoms with Crippen LogP contribution in [0.15, 0.2) is 18.2 Å². The molecule has 0 saturated heterocycles. The topological polar surface area (TPSA) is 97.1 Å². The molecule has 1 aromatic carbocycles. The van der Waals surface area contributed by atoms with E-state index in [9.17, 15) is 9.59 Å². The fraction of sp³-hybridized carbons (Fsp3) is 0.353. The number of carbonyl (C=O) groups is 2. The average Bonchev–Trinajstić information content (AvgIpc) is 2.95. The summed E-state index contributed by atoms with van der Waals surface area (Å²) in [5.41, 5.74) is 9.41. The van der Waals surface area contributed by atoms with E-state index in [2.05, 4.69) is 15.6 Å². The maximum atomic E-state index is 12.5. The number of nitrogens with one attached hydrogen (secondary N) is 2. The molecule has 1 aliphatic carbocycles. The maximum absolute atomic E-state index is 12.5. The van der Waals surface area contributed by atoms with E-state index in [1.807, 2.05) is 6.07 Å². The van der Waals surface area contributed by atoms with Crippen LogP contribution in [-0.4, -0.2) is 22.8 Å². The number of hydrogen-bond acceptors (Lipinski definition) is 5. The number of benzene rings is 1. The van der Waals surface area contributed by atoms with Crippen molar-refractivity contribution in [2.75, 3.05) is 10.6 Å². The first-order valence-electron chi connectivity index (χ1n) is 8.07. The van der Waals surface area contributed by atoms with Gasteiger partial charge in [-0.2, -0.15) is 0 Å². The number of nitrogens with two attached hydrogens (primary N) is 1. The van der Waals surface area contributed by atoms with Crippen LogP contribution < -0.4 is 16.4 Å². The number of aryl methyl sites for hydroxylation is 2. The van der Waals surface area contributed by atoms with E-state index >= 15 is 0 Å². The summed E-state index contributed by atoms with van der Waals surface area (Å²) in [6.07, 6.45) is 3.77. The maximum Gasteiger partial charge on any atom is 0.257 e. The van der Waals surface area contributed by atoms with E-state index in [1.165, 1.54) is 16.2 Å². The summed E-state index contributed by atoms with van der Waals surface area (Å²) in [5.74, 6) is -0.156. The van der Waals surface area contributed by atoms with Crippen LogP contribution in [-0.2, 0) is 24.1 Å². The lowest BCUT2D eigenvalue weighted by atomic mass is 9.99. The number of carbonyl (C=O) groups excluding carboxylic acids is 2. The fourth-order valence-corrected chi connectivity index (χ4v) is 4.24. The Balaban J connectivity index is 0.00000182. The number of anilines is 2. The Kier molecular flexibility index (Phi) is 5.08. The van der Waals surface area contributed by atoms with Gasteiger partial charge in [0.1, 0.15) is 0 Å². The predicted octanol–water partition coefficient (Wildman–Crippen LogP) is 2.52. The Morgan fingerprint density at radius 2 is 2.16 bits per heavy atom. The van der Waals surface area contributed by atoms with Crippen molar-refractivity contribution in [2.45, 2.75) is 38.1 Å². The molecule has 4 rings (SSSR count). The number of amides is 2. The molecule has 1 aliphatic heterocycles. The first-order valence-corrected chi connectivity index (χ1v) is 8.88. The van der Waals surface area contributed by atoms with Gasteiger partial charge in [-0.3, -0.25) is 14.9 Å². The predicted molar refractivity (Wildman–Crippen MR) is 101 cm³/mol. The molecule has 1 aromatic heterocycles. The van der Waals surface area contributed by atoms with Crippen LogP contribution in [0.2, 0.25) is 0 Å². The SMILES string of the molecule is Cl.N[C@H]1CCc2nc(NC(=O)c3ccc4c(c3)CCC(=O)N4)sc2C1. The lowest BCUT2D eigenvalue weighted by Crippen LogP contribution is -2.27. The Bertz CT molecular complexity index is 836. The van der Waals surface area contributed by atoms with E-state index in [-0.39, 0.29) is 30.3 Å². The summed E-state index contributed by atoms with van der Waals surface area (Å²) in [5, 5.41) is 6.34. The Morgan fingerprint density at radius 1 is 1.32 bits per heavy atom. The first-order chi connectivity index (χ1) is 11.6. The van der Waals surface area contributed by atoms with Crippen molar-refractivity contribution >= 4 is 46.4 Å². The normalized spacial score (nSPS) is 18.4. The molecule has 132 valence electrons. The zero-order chi connectivity index (χ0) is 16.7. The molecule has 0 unspecified atom stereocenters. The highest BCUT2D eigenvalue weighted by Crippen LogP contribution is 2.30. The molecule has 0 fully saturated rings. The van der Waals surface area contributed by atoms with Crippen LogP contribution in [0, 0.1) is 0 Å². The number of nitrogens with zero attached hydrogens (tertiary/aromatic N) is 1. The zero-order valence-corrected chi connectivity index (χ0v) is 15.1. The molecule has 4 N–H and O–H groups in total. The zero-order valence-electron chi connectivity index (χ0n) is 13.5. The van der Waals surface area contributed by atoms with Crippen molar-refractivity contribution in [2.24, 2.45) is 5.73 Å². The summed E-state index contributed by atoms with van der Waals surface area (Å²) in [4.78, 5) is 29.6. The van der Waals surface area contributed by atoms with Crippen LogP contribution in [0.25, 0.3) is 0 Å². The van der Waals surface area contributed by atoms with Crippen LogP contribution >= 0.6 is 23.7 Å². The number of thiazole rings is 1. The van der Waals surface area contributed by atoms with Gasteiger partial charge in [-0.1, -0.05) is 0 Å². The van der Waals surface area contributed by atoms with E-state index < -0.39 is 0 Å². The van der Waals surface area contributed by atoms with Crippen LogP contribution in [0.5, 0.6) is 0 Å². The van der Waals surface area contributed by atoms with E-state index in [0.717, 1.165) is 36.2 Å². The van der Waals surface area contributed by atoms with Gasteiger partial charge < -0.3 is 11.1 Å². The molecule has 0 spiro atoms. The molecule has 2 aromatic rings. The van der Waals surface area contributed by atoms with Crippen molar-refractivity contribution in [3.63, 3.8) is 0 Å². The van der Waals surface area contributed by atoms with Crippen LogP contribution in [0.4, 0.5) is 10.8 Å². The second-order valence-electron chi connectivity index (χ2n) is 6.27. The van der Waals surface area contributed by atoms with Gasteiger partial charge in [-0.05, 0) is 49.4 Å². The fourth-order valence-electron chi connectivity index (χ4n) is 3.15. The molecule has 6 nitrogen and oxygen atoms in total. The minimum Gasteiger partial charge on any atom is -0.327 e. The molecule has 0 bridgehead atoms. The van der Waals surface area contributed by atoms with Crippen LogP contribution in [0.3, 0.4) is 0 Å². The van der Waals surface area contributed by atoms with Gasteiger partial charge in [-0.15, -0.1) is 23.7 Å². The number of halogens is 1. The lowest BCUT2D eigenvalue weighted by Gasteiger charge is -2.17. The number of rotatable bonds is 2. The van der Waals surface area contributed by atoms with Crippen molar-refractivity contribution < 1.29 is 9.59 Å². The monoisotopic (exact) mass is 378 g/mol. The molecule has 0 radical (unpaired) electrons. The molecular formula is C17H19ClN4O2S. The largest absolute Gasteiger partial charge is 0.327 e. The molecule has 8 heteroatoms. The highest BCUT2D eigenvalue weighted by molar-refractivity contribution is 7.15. The van der Waals surface area contributed by atoms with Gasteiger partial charge in [0.25, 0.3) is 5.91 Å². The highest BCUT2D eigenvalue weighted by atomic mass is 35.5. The molecule has 0 saturated carbocycles. The standard InChI is InChI=1S/C17H18N4O2S.ClH/c18-11-3-5-13-14(8-11)24-17(20-13)21-16(23)10-1-4-12-9(7-10)2-6-15(22)19-12;/h1,4,7,11H,2-3,5-6,8,18H2,(H,19,22)(H,20,21,23);1H/t11-;/m0./s1. The smallest absolute Gasteiger partial charge is 0.257 e. The van der Waals surface area contributed by atoms with Gasteiger partial charge in [-0.25, -0.2) is 4.98 Å². The minimum atomic E-state index is -0.176. The molecule has 2 heterocycles. The molecule has 2 amide bonds. The van der Waals surface area contributed by atoms with Gasteiger partial charge in [0.05, 0.1) is 5.69 Å². The van der Waals surface area contributed by atoms with E-state index in [0.29, 0.717) is 23.5 Å². The Hall–Kier alpha value is -1.96. The second-order valence-corrected chi connectivity index (χ2v) is 7.35. The summed E-state index contributed by atoms with van der Waals surface area (Å²) >= 11 is 1.51. The van der Waals surface area contributed by atoms with Gasteiger partial charge in [0.2, 0.25) is 5.91 Å². The van der Waals surface area contributed by atoms with Crippen LogP contribution in [0.1, 0.15) is 39.3 Å². The molecule has 1 atom stereocenters. The quantitative estimate of drug-likeness (QED) is 0.747. The number of hydrogen-bond donors (Lipinski definition) is 3. The van der Waals surface area contributed by atoms with Crippen molar-refractivity contribution in [3.05, 3.63) is 39.9 Å². The average molecular weight is 379 g/mol. The van der Waals surface area contributed by atoms with Crippen molar-refractivity contribution in [1.29, 1.82) is 0 Å². The summed E-state index contributed by atoms with van der Waals surface area (Å²) in [6.45, 7) is 0.